The Labute approximate surface area is 123 Å². The van der Waals surface area contributed by atoms with E-state index in [9.17, 15) is 13.2 Å². The molecular formula is C15H22F3N3. The van der Waals surface area contributed by atoms with Gasteiger partial charge in [0.15, 0.2) is 0 Å². The highest BCUT2D eigenvalue weighted by atomic mass is 19.4. The van der Waals surface area contributed by atoms with Crippen LogP contribution in [0.1, 0.15) is 25.8 Å². The molecular weight excluding hydrogens is 279 g/mol. The largest absolute Gasteiger partial charge is 0.416 e. The minimum Gasteiger partial charge on any atom is -0.397 e. The van der Waals surface area contributed by atoms with Crippen molar-refractivity contribution >= 4 is 11.4 Å². The number of benzene rings is 1. The van der Waals surface area contributed by atoms with Crippen LogP contribution in [0, 0.1) is 0 Å². The molecule has 1 fully saturated rings. The molecule has 1 aromatic carbocycles. The van der Waals surface area contributed by atoms with Gasteiger partial charge in [-0.05, 0) is 31.5 Å². The molecule has 1 aromatic rings. The monoisotopic (exact) mass is 301 g/mol. The van der Waals surface area contributed by atoms with Crippen LogP contribution in [0.5, 0.6) is 0 Å². The van der Waals surface area contributed by atoms with Crippen LogP contribution in [0.15, 0.2) is 18.2 Å². The van der Waals surface area contributed by atoms with Crippen molar-refractivity contribution in [3.05, 3.63) is 23.8 Å². The lowest BCUT2D eigenvalue weighted by Gasteiger charge is -2.39. The molecule has 6 heteroatoms. The van der Waals surface area contributed by atoms with Crippen molar-refractivity contribution in [2.24, 2.45) is 0 Å². The number of hydrogen-bond acceptors (Lipinski definition) is 3. The Kier molecular flexibility index (Phi) is 4.66. The van der Waals surface area contributed by atoms with Gasteiger partial charge in [0, 0.05) is 32.2 Å². The van der Waals surface area contributed by atoms with Gasteiger partial charge in [0.1, 0.15) is 0 Å². The fourth-order valence-corrected chi connectivity index (χ4v) is 2.68. The van der Waals surface area contributed by atoms with Crippen molar-refractivity contribution in [3.8, 4) is 0 Å². The Morgan fingerprint density at radius 2 is 1.81 bits per heavy atom. The molecule has 118 valence electrons. The molecule has 21 heavy (non-hydrogen) atoms. The van der Waals surface area contributed by atoms with Crippen molar-refractivity contribution < 1.29 is 13.2 Å². The molecule has 0 radical (unpaired) electrons. The van der Waals surface area contributed by atoms with Gasteiger partial charge in [-0.1, -0.05) is 6.92 Å². The molecule has 1 aliphatic heterocycles. The molecule has 1 aliphatic rings. The zero-order chi connectivity index (χ0) is 15.6. The third-order valence-corrected chi connectivity index (χ3v) is 4.22. The first kappa shape index (κ1) is 15.9. The highest BCUT2D eigenvalue weighted by Gasteiger charge is 2.31. The molecule has 1 heterocycles. The summed E-state index contributed by atoms with van der Waals surface area (Å²) in [5, 5.41) is 0. The second-order valence-corrected chi connectivity index (χ2v) is 5.55. The maximum atomic E-state index is 12.6. The third kappa shape index (κ3) is 3.61. The van der Waals surface area contributed by atoms with Crippen LogP contribution in [-0.4, -0.2) is 37.1 Å². The molecule has 2 rings (SSSR count). The standard InChI is InChI=1S/C15H22F3N3/c1-3-11(2)20-6-8-21(9-7-20)14-5-4-12(10-13(14)19)15(16,17)18/h4-5,10-11H,3,6-9,19H2,1-2H3. The van der Waals surface area contributed by atoms with Crippen LogP contribution in [-0.2, 0) is 6.18 Å². The van der Waals surface area contributed by atoms with Crippen LogP contribution < -0.4 is 10.6 Å². The number of piperazine rings is 1. The minimum atomic E-state index is -4.35. The smallest absolute Gasteiger partial charge is 0.397 e. The number of rotatable bonds is 3. The molecule has 1 saturated heterocycles. The minimum absolute atomic E-state index is 0.196. The van der Waals surface area contributed by atoms with E-state index in [0.29, 0.717) is 11.7 Å². The van der Waals surface area contributed by atoms with Crippen molar-refractivity contribution in [2.45, 2.75) is 32.5 Å². The zero-order valence-corrected chi connectivity index (χ0v) is 12.5. The Morgan fingerprint density at radius 3 is 2.29 bits per heavy atom. The van der Waals surface area contributed by atoms with Gasteiger partial charge in [-0.25, -0.2) is 0 Å². The lowest BCUT2D eigenvalue weighted by Crippen LogP contribution is -2.49. The quantitative estimate of drug-likeness (QED) is 0.870. The zero-order valence-electron chi connectivity index (χ0n) is 12.5. The lowest BCUT2D eigenvalue weighted by molar-refractivity contribution is -0.137. The number of hydrogen-bond donors (Lipinski definition) is 1. The summed E-state index contributed by atoms with van der Waals surface area (Å²) in [5.74, 6) is 0. The number of nitrogen functional groups attached to an aromatic ring is 1. The SMILES string of the molecule is CCC(C)N1CCN(c2ccc(C(F)(F)F)cc2N)CC1. The fraction of sp³-hybridized carbons (Fsp3) is 0.600. The fourth-order valence-electron chi connectivity index (χ4n) is 2.68. The second-order valence-electron chi connectivity index (χ2n) is 5.55. The first-order valence-electron chi connectivity index (χ1n) is 7.28. The topological polar surface area (TPSA) is 32.5 Å². The van der Waals surface area contributed by atoms with Crippen LogP contribution in [0.4, 0.5) is 24.5 Å². The van der Waals surface area contributed by atoms with Crippen LogP contribution in [0.2, 0.25) is 0 Å². The van der Waals surface area contributed by atoms with Gasteiger partial charge in [-0.15, -0.1) is 0 Å². The summed E-state index contributed by atoms with van der Waals surface area (Å²) in [4.78, 5) is 4.46. The van der Waals surface area contributed by atoms with E-state index in [0.717, 1.165) is 44.7 Å². The van der Waals surface area contributed by atoms with E-state index in [1.165, 1.54) is 6.07 Å². The number of anilines is 2. The van der Waals surface area contributed by atoms with Gasteiger partial charge < -0.3 is 10.6 Å². The number of alkyl halides is 3. The number of halogens is 3. The summed E-state index contributed by atoms with van der Waals surface area (Å²) in [7, 11) is 0. The Hall–Kier alpha value is -1.43. The van der Waals surface area contributed by atoms with Crippen molar-refractivity contribution in [3.63, 3.8) is 0 Å². The summed E-state index contributed by atoms with van der Waals surface area (Å²) in [6.07, 6.45) is -3.25. The molecule has 0 aromatic heterocycles. The Bertz CT molecular complexity index is 480. The molecule has 0 bridgehead atoms. The molecule has 2 N–H and O–H groups in total. The molecule has 0 spiro atoms. The highest BCUT2D eigenvalue weighted by Crippen LogP contribution is 2.34. The maximum Gasteiger partial charge on any atom is 0.416 e. The van der Waals surface area contributed by atoms with Crippen molar-refractivity contribution in [2.75, 3.05) is 36.8 Å². The van der Waals surface area contributed by atoms with E-state index in [1.807, 2.05) is 0 Å². The van der Waals surface area contributed by atoms with Gasteiger partial charge in [0.2, 0.25) is 0 Å². The van der Waals surface area contributed by atoms with E-state index in [2.05, 4.69) is 23.6 Å². The molecule has 3 nitrogen and oxygen atoms in total. The van der Waals surface area contributed by atoms with Crippen LogP contribution >= 0.6 is 0 Å². The van der Waals surface area contributed by atoms with Crippen molar-refractivity contribution in [1.82, 2.24) is 4.90 Å². The van der Waals surface area contributed by atoms with Crippen molar-refractivity contribution in [1.29, 1.82) is 0 Å². The van der Waals surface area contributed by atoms with Gasteiger partial charge in [0.05, 0.1) is 16.9 Å². The Morgan fingerprint density at radius 1 is 1.19 bits per heavy atom. The molecule has 0 saturated carbocycles. The summed E-state index contributed by atoms with van der Waals surface area (Å²) in [6.45, 7) is 7.76. The average molecular weight is 301 g/mol. The van der Waals surface area contributed by atoms with E-state index >= 15 is 0 Å². The predicted octanol–water partition coefficient (Wildman–Crippen LogP) is 3.21. The van der Waals surface area contributed by atoms with Gasteiger partial charge in [0.25, 0.3) is 0 Å². The predicted molar refractivity (Wildman–Crippen MR) is 79.4 cm³/mol. The van der Waals surface area contributed by atoms with Crippen LogP contribution in [0.3, 0.4) is 0 Å². The average Bonchev–Trinajstić information content (AvgIpc) is 2.45. The molecule has 1 atom stereocenters. The van der Waals surface area contributed by atoms with Gasteiger partial charge >= 0.3 is 6.18 Å². The van der Waals surface area contributed by atoms with Gasteiger partial charge in [-0.2, -0.15) is 13.2 Å². The summed E-state index contributed by atoms with van der Waals surface area (Å²) in [5.41, 5.74) is 6.02. The summed E-state index contributed by atoms with van der Waals surface area (Å²) < 4.78 is 37.9. The Balaban J connectivity index is 2.07. The van der Waals surface area contributed by atoms with E-state index < -0.39 is 11.7 Å². The normalized spacial score (nSPS) is 18.8. The maximum absolute atomic E-state index is 12.6. The van der Waals surface area contributed by atoms with Crippen LogP contribution in [0.25, 0.3) is 0 Å². The van der Waals surface area contributed by atoms with E-state index in [1.54, 1.807) is 0 Å². The van der Waals surface area contributed by atoms with Gasteiger partial charge in [-0.3, -0.25) is 4.90 Å². The second kappa shape index (κ2) is 6.13. The summed E-state index contributed by atoms with van der Waals surface area (Å²) >= 11 is 0. The first-order chi connectivity index (χ1) is 9.82. The third-order valence-electron chi connectivity index (χ3n) is 4.22. The number of nitrogens with zero attached hydrogens (tertiary/aromatic N) is 2. The lowest BCUT2D eigenvalue weighted by atomic mass is 10.1. The molecule has 1 unspecified atom stereocenters. The summed E-state index contributed by atoms with van der Waals surface area (Å²) in [6, 6.07) is 4.15. The molecule has 0 amide bonds. The first-order valence-corrected chi connectivity index (χ1v) is 7.28. The molecule has 0 aliphatic carbocycles. The van der Waals surface area contributed by atoms with E-state index in [-0.39, 0.29) is 5.69 Å². The van der Waals surface area contributed by atoms with E-state index in [4.69, 9.17) is 5.73 Å². The number of nitrogens with two attached hydrogens (primary N) is 1. The highest BCUT2D eigenvalue weighted by molar-refractivity contribution is 5.69.